The van der Waals surface area contributed by atoms with Crippen LogP contribution in [-0.4, -0.2) is 23.1 Å². The maximum atomic E-state index is 11.5. The monoisotopic (exact) mass is 279 g/mol. The molecule has 1 N–H and O–H groups in total. The fourth-order valence-corrected chi connectivity index (χ4v) is 4.04. The minimum atomic E-state index is -0.883. The standard InChI is InChI=1S/C19H21NO/c21-19(15-8-2-1-3-9-15)14-20-13-7-6-12-18(20)16-10-4-5-11-17(16)19/h1-5,8-11,18,21H,6-7,12-14H2/t18-,19+/m1/s1. The second kappa shape index (κ2) is 4.97. The Balaban J connectivity index is 1.88. The van der Waals surface area contributed by atoms with Gasteiger partial charge < -0.3 is 5.11 Å². The molecular formula is C19H21NO. The first kappa shape index (κ1) is 13.1. The molecule has 21 heavy (non-hydrogen) atoms. The molecule has 0 saturated carbocycles. The molecule has 1 saturated heterocycles. The van der Waals surface area contributed by atoms with Crippen LogP contribution in [0.4, 0.5) is 0 Å². The molecule has 2 atom stereocenters. The van der Waals surface area contributed by atoms with Gasteiger partial charge in [0.1, 0.15) is 5.60 Å². The minimum absolute atomic E-state index is 0.485. The zero-order valence-electron chi connectivity index (χ0n) is 12.2. The van der Waals surface area contributed by atoms with E-state index in [1.807, 2.05) is 36.4 Å². The summed E-state index contributed by atoms with van der Waals surface area (Å²) in [6.45, 7) is 1.80. The largest absolute Gasteiger partial charge is 0.379 e. The van der Waals surface area contributed by atoms with E-state index >= 15 is 0 Å². The number of benzene rings is 2. The molecule has 2 heterocycles. The summed E-state index contributed by atoms with van der Waals surface area (Å²) in [4.78, 5) is 2.47. The smallest absolute Gasteiger partial charge is 0.128 e. The average molecular weight is 279 g/mol. The lowest BCUT2D eigenvalue weighted by Gasteiger charge is -2.48. The lowest BCUT2D eigenvalue weighted by Crippen LogP contribution is -2.50. The van der Waals surface area contributed by atoms with Crippen LogP contribution in [0.3, 0.4) is 0 Å². The number of fused-ring (bicyclic) bond motifs is 3. The highest BCUT2D eigenvalue weighted by molar-refractivity contribution is 5.45. The summed E-state index contributed by atoms with van der Waals surface area (Å²) >= 11 is 0. The molecule has 2 aromatic carbocycles. The highest BCUT2D eigenvalue weighted by Gasteiger charge is 2.43. The van der Waals surface area contributed by atoms with Gasteiger partial charge in [-0.3, -0.25) is 4.90 Å². The van der Waals surface area contributed by atoms with E-state index in [1.165, 1.54) is 24.8 Å². The Hall–Kier alpha value is -1.64. The molecule has 108 valence electrons. The number of nitrogens with zero attached hydrogens (tertiary/aromatic N) is 1. The first-order chi connectivity index (χ1) is 10.3. The number of aliphatic hydroxyl groups is 1. The van der Waals surface area contributed by atoms with Crippen molar-refractivity contribution in [1.29, 1.82) is 0 Å². The van der Waals surface area contributed by atoms with Gasteiger partial charge in [0.05, 0.1) is 0 Å². The summed E-state index contributed by atoms with van der Waals surface area (Å²) in [5, 5.41) is 11.5. The highest BCUT2D eigenvalue weighted by Crippen LogP contribution is 2.45. The first-order valence-corrected chi connectivity index (χ1v) is 7.90. The van der Waals surface area contributed by atoms with E-state index in [1.54, 1.807) is 0 Å². The summed E-state index contributed by atoms with van der Waals surface area (Å²) in [6, 6.07) is 19.1. The van der Waals surface area contributed by atoms with Crippen LogP contribution >= 0.6 is 0 Å². The van der Waals surface area contributed by atoms with Gasteiger partial charge in [0.2, 0.25) is 0 Å². The highest BCUT2D eigenvalue weighted by atomic mass is 16.3. The molecule has 0 radical (unpaired) electrons. The molecule has 0 bridgehead atoms. The molecule has 0 aromatic heterocycles. The summed E-state index contributed by atoms with van der Waals surface area (Å²) in [5.41, 5.74) is 2.53. The molecule has 0 amide bonds. The number of rotatable bonds is 1. The molecule has 2 aliphatic rings. The second-order valence-electron chi connectivity index (χ2n) is 6.30. The minimum Gasteiger partial charge on any atom is -0.379 e. The molecule has 2 heteroatoms. The lowest BCUT2D eigenvalue weighted by molar-refractivity contribution is -0.0100. The van der Waals surface area contributed by atoms with Crippen LogP contribution in [0, 0.1) is 0 Å². The SMILES string of the molecule is O[C@]1(c2ccccc2)CN2CCCC[C@@H]2c2ccccc21. The van der Waals surface area contributed by atoms with Crippen LogP contribution in [0.15, 0.2) is 54.6 Å². The van der Waals surface area contributed by atoms with Crippen LogP contribution < -0.4 is 0 Å². The van der Waals surface area contributed by atoms with E-state index in [0.29, 0.717) is 12.6 Å². The number of piperidine rings is 1. The zero-order valence-corrected chi connectivity index (χ0v) is 12.2. The molecule has 2 aliphatic heterocycles. The van der Waals surface area contributed by atoms with Crippen molar-refractivity contribution in [1.82, 2.24) is 4.90 Å². The third-order valence-electron chi connectivity index (χ3n) is 5.06. The van der Waals surface area contributed by atoms with E-state index in [0.717, 1.165) is 17.7 Å². The third-order valence-corrected chi connectivity index (χ3v) is 5.06. The molecule has 4 rings (SSSR count). The molecule has 0 unspecified atom stereocenters. The molecule has 0 aliphatic carbocycles. The quantitative estimate of drug-likeness (QED) is 0.864. The molecule has 0 spiro atoms. The second-order valence-corrected chi connectivity index (χ2v) is 6.30. The van der Waals surface area contributed by atoms with Gasteiger partial charge in [0.25, 0.3) is 0 Å². The Bertz CT molecular complexity index is 639. The first-order valence-electron chi connectivity index (χ1n) is 7.90. The fourth-order valence-electron chi connectivity index (χ4n) is 4.04. The predicted octanol–water partition coefficient (Wildman–Crippen LogP) is 3.46. The van der Waals surface area contributed by atoms with Gasteiger partial charge in [-0.2, -0.15) is 0 Å². The normalized spacial score (nSPS) is 28.7. The number of hydrogen-bond acceptors (Lipinski definition) is 2. The zero-order chi connectivity index (χ0) is 14.3. The van der Waals surface area contributed by atoms with Gasteiger partial charge in [-0.15, -0.1) is 0 Å². The Morgan fingerprint density at radius 1 is 0.952 bits per heavy atom. The van der Waals surface area contributed by atoms with E-state index in [2.05, 4.69) is 23.1 Å². The Morgan fingerprint density at radius 2 is 1.71 bits per heavy atom. The summed E-state index contributed by atoms with van der Waals surface area (Å²) in [7, 11) is 0. The summed E-state index contributed by atoms with van der Waals surface area (Å²) in [5.74, 6) is 0. The van der Waals surface area contributed by atoms with E-state index < -0.39 is 5.60 Å². The van der Waals surface area contributed by atoms with Crippen LogP contribution in [0.2, 0.25) is 0 Å². The number of hydrogen-bond donors (Lipinski definition) is 1. The Kier molecular flexibility index (Phi) is 3.09. The van der Waals surface area contributed by atoms with Crippen molar-refractivity contribution in [2.24, 2.45) is 0 Å². The predicted molar refractivity (Wildman–Crippen MR) is 84.0 cm³/mol. The molecular weight excluding hydrogens is 258 g/mol. The van der Waals surface area contributed by atoms with Crippen molar-refractivity contribution in [3.63, 3.8) is 0 Å². The summed E-state index contributed by atoms with van der Waals surface area (Å²) in [6.07, 6.45) is 3.74. The fraction of sp³-hybridized carbons (Fsp3) is 0.368. The van der Waals surface area contributed by atoms with Crippen LogP contribution in [0.5, 0.6) is 0 Å². The Morgan fingerprint density at radius 3 is 2.57 bits per heavy atom. The van der Waals surface area contributed by atoms with Crippen molar-refractivity contribution >= 4 is 0 Å². The van der Waals surface area contributed by atoms with Gasteiger partial charge in [0, 0.05) is 12.6 Å². The van der Waals surface area contributed by atoms with Crippen molar-refractivity contribution in [2.75, 3.05) is 13.1 Å². The van der Waals surface area contributed by atoms with Gasteiger partial charge in [0.15, 0.2) is 0 Å². The lowest BCUT2D eigenvalue weighted by atomic mass is 9.75. The summed E-state index contributed by atoms with van der Waals surface area (Å²) < 4.78 is 0. The third kappa shape index (κ3) is 2.02. The van der Waals surface area contributed by atoms with Crippen molar-refractivity contribution in [3.05, 3.63) is 71.3 Å². The van der Waals surface area contributed by atoms with Crippen LogP contribution in [-0.2, 0) is 5.60 Å². The van der Waals surface area contributed by atoms with Crippen molar-refractivity contribution in [3.8, 4) is 0 Å². The van der Waals surface area contributed by atoms with Crippen LogP contribution in [0.25, 0.3) is 0 Å². The molecule has 2 aromatic rings. The van der Waals surface area contributed by atoms with Crippen molar-refractivity contribution < 1.29 is 5.11 Å². The van der Waals surface area contributed by atoms with E-state index in [9.17, 15) is 5.11 Å². The maximum Gasteiger partial charge on any atom is 0.128 e. The topological polar surface area (TPSA) is 23.5 Å². The molecule has 1 fully saturated rings. The molecule has 2 nitrogen and oxygen atoms in total. The average Bonchev–Trinajstić information content (AvgIpc) is 2.56. The maximum absolute atomic E-state index is 11.5. The van der Waals surface area contributed by atoms with Gasteiger partial charge in [-0.05, 0) is 36.1 Å². The van der Waals surface area contributed by atoms with Crippen LogP contribution in [0.1, 0.15) is 42.0 Å². The Labute approximate surface area is 126 Å². The van der Waals surface area contributed by atoms with Gasteiger partial charge in [-0.25, -0.2) is 0 Å². The van der Waals surface area contributed by atoms with Crippen molar-refractivity contribution in [2.45, 2.75) is 30.9 Å². The van der Waals surface area contributed by atoms with Gasteiger partial charge >= 0.3 is 0 Å². The van der Waals surface area contributed by atoms with Gasteiger partial charge in [-0.1, -0.05) is 61.0 Å². The van der Waals surface area contributed by atoms with E-state index in [-0.39, 0.29) is 0 Å². The van der Waals surface area contributed by atoms with E-state index in [4.69, 9.17) is 0 Å².